The largest absolute Gasteiger partial charge is 0 e. The maximum atomic E-state index is 7.75. The second kappa shape index (κ2) is 19.0. The van der Waals surface area contributed by atoms with Gasteiger partial charge in [-0.25, -0.2) is 0 Å². The molecule has 0 spiro atoms. The van der Waals surface area contributed by atoms with Crippen LogP contribution < -0.4 is 4.40 Å². The molecule has 6 heteroatoms. The molecule has 3 heterocycles. The Labute approximate surface area is 403 Å². The van der Waals surface area contributed by atoms with Gasteiger partial charge in [0.1, 0.15) is 0 Å². The first-order valence-electron chi connectivity index (χ1n) is 23.3. The maximum absolute atomic E-state index is 7.75. The fourth-order valence-corrected chi connectivity index (χ4v) is 11.7. The zero-order valence-corrected chi connectivity index (χ0v) is 42.6. The normalized spacial score (nSPS) is 12.5. The Hall–Kier alpha value is -5.43. The number of rotatable bonds is 8. The Morgan fingerprint density at radius 1 is 0.641 bits per heavy atom. The molecule has 0 N–H and O–H groups in total. The Balaban J connectivity index is 0.000000303. The molecule has 0 amide bonds. The van der Waals surface area contributed by atoms with Gasteiger partial charge in [0.15, 0.2) is 0 Å². The number of para-hydroxylation sites is 2. The number of hydrogen-bond donors (Lipinski definition) is 0. The molecule has 0 aliphatic heterocycles. The van der Waals surface area contributed by atoms with Gasteiger partial charge in [-0.2, -0.15) is 11.3 Å². The van der Waals surface area contributed by atoms with E-state index in [1.807, 2.05) is 48.7 Å². The number of aromatic nitrogens is 3. The first kappa shape index (κ1) is 41.3. The van der Waals surface area contributed by atoms with Crippen molar-refractivity contribution in [2.75, 3.05) is 0 Å². The molecular weight excluding hydrogens is 1040 g/mol. The van der Waals surface area contributed by atoms with Gasteiger partial charge in [0.05, 0.1) is 16.9 Å². The van der Waals surface area contributed by atoms with Crippen molar-refractivity contribution in [3.05, 3.63) is 193 Å². The van der Waals surface area contributed by atoms with E-state index in [1.165, 1.54) is 47.8 Å². The van der Waals surface area contributed by atoms with E-state index in [0.29, 0.717) is 5.56 Å². The topological polar surface area (TPSA) is 30.7 Å². The van der Waals surface area contributed by atoms with Crippen LogP contribution in [0.4, 0.5) is 0 Å². The third-order valence-corrected chi connectivity index (χ3v) is 17.2. The minimum absolute atomic E-state index is 0. The first-order valence-corrected chi connectivity index (χ1v) is 29.9. The van der Waals surface area contributed by atoms with Crippen LogP contribution in [0.1, 0.15) is 60.3 Å². The number of nitrogens with zero attached hydrogens (tertiary/aromatic N) is 3. The monoisotopic (exact) mass is 1090 g/mol. The predicted octanol–water partition coefficient (Wildman–Crippen LogP) is 15.8. The van der Waals surface area contributed by atoms with E-state index in [4.69, 9.17) is 9.10 Å². The van der Waals surface area contributed by atoms with Crippen molar-refractivity contribution in [2.45, 2.75) is 63.7 Å². The fraction of sp³-hybridized carbons (Fsp3) is 0.172. The minimum atomic E-state index is -2.12. The predicted molar refractivity (Wildman–Crippen MR) is 274 cm³/mol. The molecule has 0 fully saturated rings. The molecule has 0 saturated heterocycles. The Morgan fingerprint density at radius 2 is 1.33 bits per heavy atom. The van der Waals surface area contributed by atoms with Crippen LogP contribution in [0.3, 0.4) is 0 Å². The van der Waals surface area contributed by atoms with Crippen molar-refractivity contribution in [2.24, 2.45) is 0 Å². The van der Waals surface area contributed by atoms with Crippen molar-refractivity contribution in [1.29, 1.82) is 0 Å². The molecule has 321 valence electrons. The van der Waals surface area contributed by atoms with Crippen LogP contribution in [0.5, 0.6) is 0 Å². The average molecular weight is 1090 g/mol. The summed E-state index contributed by atoms with van der Waals surface area (Å²) in [7, 11) is 0. The molecule has 7 aromatic carbocycles. The third kappa shape index (κ3) is 9.10. The zero-order valence-electron chi connectivity index (χ0n) is 40.3. The molecule has 0 aliphatic rings. The summed E-state index contributed by atoms with van der Waals surface area (Å²) in [5.41, 5.74) is 13.7. The molecule has 0 saturated carbocycles. The van der Waals surface area contributed by atoms with Gasteiger partial charge in [-0.05, 0) is 92.5 Å². The number of thiophene rings is 1. The molecular formula is C58H53GeIrN3S-2. The Kier molecular flexibility index (Phi) is 12.2. The van der Waals surface area contributed by atoms with Gasteiger partial charge >= 0.3 is 99.8 Å². The summed E-state index contributed by atoms with van der Waals surface area (Å²) in [6, 6.07) is 60.9. The molecule has 3 aromatic heterocycles. The van der Waals surface area contributed by atoms with Crippen molar-refractivity contribution < 1.29 is 24.2 Å². The minimum Gasteiger partial charge on any atom is 0 e. The van der Waals surface area contributed by atoms with Crippen LogP contribution in [-0.4, -0.2) is 27.8 Å². The average Bonchev–Trinajstić information content (AvgIpc) is 3.90. The van der Waals surface area contributed by atoms with Crippen LogP contribution >= 0.6 is 11.3 Å². The van der Waals surface area contributed by atoms with E-state index in [-0.39, 0.29) is 31.9 Å². The molecule has 0 bridgehead atoms. The van der Waals surface area contributed by atoms with Crippen LogP contribution in [0.25, 0.3) is 81.8 Å². The van der Waals surface area contributed by atoms with Gasteiger partial charge in [0.2, 0.25) is 0 Å². The number of hydrogen-bond acceptors (Lipinski definition) is 3. The van der Waals surface area contributed by atoms with Gasteiger partial charge in [0, 0.05) is 34.6 Å². The second-order valence-electron chi connectivity index (χ2n) is 17.9. The summed E-state index contributed by atoms with van der Waals surface area (Å²) in [4.78, 5) is 9.88. The van der Waals surface area contributed by atoms with Crippen molar-refractivity contribution >= 4 is 60.2 Å². The quantitative estimate of drug-likeness (QED) is 0.112. The molecule has 0 aliphatic carbocycles. The van der Waals surface area contributed by atoms with E-state index in [9.17, 15) is 0 Å². The summed E-state index contributed by atoms with van der Waals surface area (Å²) in [6.07, 6.45) is 2.04. The van der Waals surface area contributed by atoms with E-state index >= 15 is 0 Å². The van der Waals surface area contributed by atoms with Crippen LogP contribution in [0, 0.1) is 19.0 Å². The van der Waals surface area contributed by atoms with Gasteiger partial charge in [-0.15, -0.1) is 18.2 Å². The maximum Gasteiger partial charge on any atom is 0 e. The molecule has 10 rings (SSSR count). The van der Waals surface area contributed by atoms with Gasteiger partial charge < -0.3 is 4.57 Å². The summed E-state index contributed by atoms with van der Waals surface area (Å²) >= 11 is 0.0434. The summed E-state index contributed by atoms with van der Waals surface area (Å²) < 4.78 is 29.4. The number of aryl methyl sites for hydroxylation is 1. The SMILES string of the molecule is [2H]C([2H])([2H])c1ccc(-c2ccc3c(c2)sc2c(-c4nc5ccccc5n4-c4c(C(C)C)cc(-c5ccccc5)cc4C(C)C)[c-]ccc23)cc1.[CH3][Ge]([CH3])([CH3])[c]1ccc(-c2[c-]cccc2)nc1.[Ir]. The Morgan fingerprint density at radius 3 is 1.98 bits per heavy atom. The third-order valence-electron chi connectivity index (χ3n) is 11.8. The standard InChI is InChI=1S/C44H37N2S.C14H16GeN.Ir/c1-27(2)37-24-33(30-12-7-6-8-13-30)25-38(28(3)4)42(37)46-40-17-10-9-16-39(40)45-44(46)36-15-11-14-35-34-23-22-32(26-41(34)47-43(35)36)31-20-18-29(5)19-21-31;1-15(2,3)13-9-10-14(16-11-13)12-7-5-4-6-8-12;/h6-14,16-28H,1-5H3;4-7,9-11H,1-3H3;/q2*-1;/i5D3;;. The van der Waals surface area contributed by atoms with Crippen molar-refractivity contribution in [1.82, 2.24) is 14.5 Å². The zero-order chi connectivity index (χ0) is 46.3. The molecule has 1 radical (unpaired) electrons. The smallest absolute Gasteiger partial charge is 0 e. The van der Waals surface area contributed by atoms with E-state index in [1.54, 1.807) is 23.5 Å². The van der Waals surface area contributed by atoms with Gasteiger partial charge in [0.25, 0.3) is 0 Å². The number of imidazole rings is 1. The number of benzene rings is 7. The van der Waals surface area contributed by atoms with Crippen molar-refractivity contribution in [3.63, 3.8) is 0 Å². The van der Waals surface area contributed by atoms with Crippen LogP contribution in [0.2, 0.25) is 17.3 Å². The van der Waals surface area contributed by atoms with Gasteiger partial charge in [-0.1, -0.05) is 123 Å². The second-order valence-corrected chi connectivity index (χ2v) is 29.6. The first-order chi connectivity index (χ1) is 31.7. The van der Waals surface area contributed by atoms with E-state index in [0.717, 1.165) is 49.5 Å². The van der Waals surface area contributed by atoms with Crippen molar-refractivity contribution in [3.8, 4) is 50.6 Å². The number of fused-ring (bicyclic) bond motifs is 4. The molecule has 0 atom stereocenters. The molecule has 10 aromatic rings. The summed E-state index contributed by atoms with van der Waals surface area (Å²) in [6.45, 7) is 7.01. The fourth-order valence-electron chi connectivity index (χ4n) is 8.34. The molecule has 0 unspecified atom stereocenters. The van der Waals surface area contributed by atoms with Crippen LogP contribution in [0.15, 0.2) is 164 Å². The summed E-state index contributed by atoms with van der Waals surface area (Å²) in [5, 5.41) is 2.36. The Bertz CT molecular complexity index is 3290. The molecule has 3 nitrogen and oxygen atoms in total. The number of pyridine rings is 1. The van der Waals surface area contributed by atoms with E-state index < -0.39 is 20.1 Å². The summed E-state index contributed by atoms with van der Waals surface area (Å²) in [5.74, 6) is 8.58. The van der Waals surface area contributed by atoms with Crippen LogP contribution in [-0.2, 0) is 20.1 Å². The van der Waals surface area contributed by atoms with Gasteiger partial charge in [-0.3, -0.25) is 4.98 Å². The van der Waals surface area contributed by atoms with E-state index in [2.05, 4.69) is 170 Å². The molecule has 64 heavy (non-hydrogen) atoms.